The van der Waals surface area contributed by atoms with E-state index in [9.17, 15) is 0 Å². The van der Waals surface area contributed by atoms with Crippen molar-refractivity contribution in [3.63, 3.8) is 0 Å². The molecule has 0 aromatic heterocycles. The molecule has 0 radical (unpaired) electrons. The van der Waals surface area contributed by atoms with Crippen molar-refractivity contribution in [1.29, 1.82) is 0 Å². The highest BCUT2D eigenvalue weighted by molar-refractivity contribution is 4.96. The van der Waals surface area contributed by atoms with Crippen molar-refractivity contribution in [2.45, 2.75) is 73.1 Å². The van der Waals surface area contributed by atoms with Crippen LogP contribution in [0.2, 0.25) is 0 Å². The van der Waals surface area contributed by atoms with E-state index in [0.717, 1.165) is 17.8 Å². The molecule has 0 N–H and O–H groups in total. The van der Waals surface area contributed by atoms with Gasteiger partial charge < -0.3 is 0 Å². The van der Waals surface area contributed by atoms with Crippen LogP contribution < -0.4 is 0 Å². The van der Waals surface area contributed by atoms with Gasteiger partial charge in [-0.1, -0.05) is 60.3 Å². The largest absolute Gasteiger partial charge is 0.0654 e. The lowest BCUT2D eigenvalue weighted by Gasteiger charge is -2.25. The maximum atomic E-state index is 2.44. The van der Waals surface area contributed by atoms with Crippen LogP contribution in [0, 0.1) is 23.2 Å². The zero-order valence-corrected chi connectivity index (χ0v) is 11.5. The average Bonchev–Trinajstić information content (AvgIpc) is 2.76. The summed E-state index contributed by atoms with van der Waals surface area (Å²) in [5.41, 5.74) is 0.679. The third kappa shape index (κ3) is 3.50. The predicted octanol–water partition coefficient (Wildman–Crippen LogP) is 5.28. The molecule has 0 nitrogen and oxygen atoms in total. The molecule has 1 saturated carbocycles. The Morgan fingerprint density at radius 3 is 1.93 bits per heavy atom. The molecule has 0 aromatic carbocycles. The molecule has 0 bridgehead atoms. The summed E-state index contributed by atoms with van der Waals surface area (Å²) in [6.07, 6.45) is 8.58. The van der Waals surface area contributed by atoms with Crippen LogP contribution in [0.3, 0.4) is 0 Å². The molecule has 0 heterocycles. The normalized spacial score (nSPS) is 25.6. The minimum Gasteiger partial charge on any atom is -0.0654 e. The summed E-state index contributed by atoms with van der Waals surface area (Å²) in [7, 11) is 0. The van der Waals surface area contributed by atoms with Gasteiger partial charge in [0.2, 0.25) is 0 Å². The van der Waals surface area contributed by atoms with Gasteiger partial charge in [-0.25, -0.2) is 0 Å². The zero-order chi connectivity index (χ0) is 11.5. The standard InChI is InChI=1S/C15H30/c1-6-9-13(12(7-2)8-3)10-14-11-15(14,4)5/h12-14H,6-11H2,1-5H3. The van der Waals surface area contributed by atoms with Gasteiger partial charge in [0.25, 0.3) is 0 Å². The van der Waals surface area contributed by atoms with E-state index in [4.69, 9.17) is 0 Å². The van der Waals surface area contributed by atoms with E-state index in [0.29, 0.717) is 5.41 Å². The van der Waals surface area contributed by atoms with Crippen LogP contribution >= 0.6 is 0 Å². The minimum atomic E-state index is 0.679. The summed E-state index contributed by atoms with van der Waals surface area (Å²) in [5, 5.41) is 0. The Bertz CT molecular complexity index is 176. The third-order valence-electron chi connectivity index (χ3n) is 4.68. The lowest BCUT2D eigenvalue weighted by atomic mass is 9.80. The van der Waals surface area contributed by atoms with Crippen LogP contribution in [0.15, 0.2) is 0 Å². The first-order chi connectivity index (χ1) is 7.05. The van der Waals surface area contributed by atoms with Crippen LogP contribution in [-0.4, -0.2) is 0 Å². The summed E-state index contributed by atoms with van der Waals surface area (Å²) >= 11 is 0. The first-order valence-electron chi connectivity index (χ1n) is 7.05. The number of hydrogen-bond acceptors (Lipinski definition) is 0. The van der Waals surface area contributed by atoms with E-state index in [1.807, 2.05) is 0 Å². The Morgan fingerprint density at radius 1 is 1.07 bits per heavy atom. The monoisotopic (exact) mass is 210 g/mol. The van der Waals surface area contributed by atoms with Gasteiger partial charge >= 0.3 is 0 Å². The van der Waals surface area contributed by atoms with Crippen molar-refractivity contribution < 1.29 is 0 Å². The lowest BCUT2D eigenvalue weighted by Crippen LogP contribution is -2.15. The molecule has 0 aliphatic heterocycles. The van der Waals surface area contributed by atoms with Crippen LogP contribution in [0.5, 0.6) is 0 Å². The summed E-state index contributed by atoms with van der Waals surface area (Å²) < 4.78 is 0. The van der Waals surface area contributed by atoms with Crippen molar-refractivity contribution in [3.8, 4) is 0 Å². The second kappa shape index (κ2) is 5.37. The van der Waals surface area contributed by atoms with Crippen LogP contribution in [0.25, 0.3) is 0 Å². The maximum Gasteiger partial charge on any atom is -0.0323 e. The Kier molecular flexibility index (Phi) is 4.67. The summed E-state index contributed by atoms with van der Waals surface area (Å²) in [6.45, 7) is 12.0. The quantitative estimate of drug-likeness (QED) is 0.536. The van der Waals surface area contributed by atoms with Crippen molar-refractivity contribution in [1.82, 2.24) is 0 Å². The fraction of sp³-hybridized carbons (Fsp3) is 1.00. The summed E-state index contributed by atoms with van der Waals surface area (Å²) in [4.78, 5) is 0. The minimum absolute atomic E-state index is 0.679. The smallest absolute Gasteiger partial charge is 0.0323 e. The van der Waals surface area contributed by atoms with Crippen molar-refractivity contribution in [2.75, 3.05) is 0 Å². The van der Waals surface area contributed by atoms with Gasteiger partial charge in [-0.05, 0) is 36.0 Å². The molecule has 0 heteroatoms. The van der Waals surface area contributed by atoms with Gasteiger partial charge in [-0.3, -0.25) is 0 Å². The third-order valence-corrected chi connectivity index (χ3v) is 4.68. The van der Waals surface area contributed by atoms with E-state index in [-0.39, 0.29) is 0 Å². The SMILES string of the molecule is CCCC(CC1CC1(C)C)C(CC)CC. The van der Waals surface area contributed by atoms with E-state index in [1.54, 1.807) is 0 Å². The van der Waals surface area contributed by atoms with E-state index >= 15 is 0 Å². The predicted molar refractivity (Wildman–Crippen MR) is 69.0 cm³/mol. The van der Waals surface area contributed by atoms with Gasteiger partial charge in [0.05, 0.1) is 0 Å². The second-order valence-corrected chi connectivity index (χ2v) is 6.25. The van der Waals surface area contributed by atoms with Gasteiger partial charge in [-0.15, -0.1) is 0 Å². The van der Waals surface area contributed by atoms with Crippen LogP contribution in [0.1, 0.15) is 73.1 Å². The molecule has 1 aliphatic rings. The molecule has 0 aromatic rings. The van der Waals surface area contributed by atoms with Gasteiger partial charge in [0.1, 0.15) is 0 Å². The van der Waals surface area contributed by atoms with Crippen molar-refractivity contribution >= 4 is 0 Å². The summed E-state index contributed by atoms with van der Waals surface area (Å²) in [5.74, 6) is 3.03. The molecular weight excluding hydrogens is 180 g/mol. The molecule has 90 valence electrons. The molecule has 0 amide bonds. The van der Waals surface area contributed by atoms with Gasteiger partial charge in [-0.2, -0.15) is 0 Å². The Hall–Kier alpha value is 0. The highest BCUT2D eigenvalue weighted by Gasteiger charge is 2.46. The van der Waals surface area contributed by atoms with Crippen LogP contribution in [-0.2, 0) is 0 Å². The zero-order valence-electron chi connectivity index (χ0n) is 11.5. The molecular formula is C15H30. The topological polar surface area (TPSA) is 0 Å². The van der Waals surface area contributed by atoms with Crippen molar-refractivity contribution in [3.05, 3.63) is 0 Å². The Labute approximate surface area is 96.8 Å². The highest BCUT2D eigenvalue weighted by Crippen LogP contribution is 2.56. The van der Waals surface area contributed by atoms with E-state index in [1.165, 1.54) is 38.5 Å². The van der Waals surface area contributed by atoms with Crippen molar-refractivity contribution in [2.24, 2.45) is 23.2 Å². The summed E-state index contributed by atoms with van der Waals surface area (Å²) in [6, 6.07) is 0. The first kappa shape index (κ1) is 13.1. The number of rotatable bonds is 7. The van der Waals surface area contributed by atoms with Crippen LogP contribution in [0.4, 0.5) is 0 Å². The average molecular weight is 210 g/mol. The molecule has 2 unspecified atom stereocenters. The van der Waals surface area contributed by atoms with E-state index in [2.05, 4.69) is 34.6 Å². The fourth-order valence-electron chi connectivity index (χ4n) is 3.22. The molecule has 1 fully saturated rings. The van der Waals surface area contributed by atoms with Gasteiger partial charge in [0.15, 0.2) is 0 Å². The first-order valence-corrected chi connectivity index (χ1v) is 7.05. The van der Waals surface area contributed by atoms with E-state index < -0.39 is 0 Å². The second-order valence-electron chi connectivity index (χ2n) is 6.25. The molecule has 0 spiro atoms. The van der Waals surface area contributed by atoms with Gasteiger partial charge in [0, 0.05) is 0 Å². The highest BCUT2D eigenvalue weighted by atomic mass is 14.5. The molecule has 0 saturated heterocycles. The molecule has 1 aliphatic carbocycles. The molecule has 2 atom stereocenters. The molecule has 15 heavy (non-hydrogen) atoms. The number of hydrogen-bond donors (Lipinski definition) is 0. The molecule has 1 rings (SSSR count). The maximum absolute atomic E-state index is 2.44. The lowest BCUT2D eigenvalue weighted by molar-refractivity contribution is 0.254. The Balaban J connectivity index is 2.43. The Morgan fingerprint density at radius 2 is 1.60 bits per heavy atom. The fourth-order valence-corrected chi connectivity index (χ4v) is 3.22.